The van der Waals surface area contributed by atoms with Gasteiger partial charge in [-0.2, -0.15) is 0 Å². The molecule has 0 atom stereocenters. The highest BCUT2D eigenvalue weighted by Gasteiger charge is 2.05. The fraction of sp³-hybridized carbons (Fsp3) is 0.133. The number of hydrogen-bond acceptors (Lipinski definition) is 2. The SMILES string of the molecule is COc1ccc(NC(=S)Nc2ccccc2Cl)c(C)c1. The maximum absolute atomic E-state index is 6.08. The second-order valence-corrected chi connectivity index (χ2v) is 5.06. The Morgan fingerprint density at radius 3 is 2.45 bits per heavy atom. The van der Waals surface area contributed by atoms with Gasteiger partial charge in [-0.3, -0.25) is 0 Å². The maximum atomic E-state index is 6.08. The van der Waals surface area contributed by atoms with Crippen LogP contribution in [0.15, 0.2) is 42.5 Å². The van der Waals surface area contributed by atoms with Crippen LogP contribution < -0.4 is 15.4 Å². The van der Waals surface area contributed by atoms with Gasteiger partial charge in [0.25, 0.3) is 0 Å². The van der Waals surface area contributed by atoms with Crippen LogP contribution in [-0.2, 0) is 0 Å². The minimum absolute atomic E-state index is 0.492. The molecule has 2 aromatic rings. The number of methoxy groups -OCH3 is 1. The summed E-state index contributed by atoms with van der Waals surface area (Å²) >= 11 is 11.4. The molecule has 2 rings (SSSR count). The van der Waals surface area contributed by atoms with Crippen LogP contribution in [0.3, 0.4) is 0 Å². The molecule has 0 aliphatic carbocycles. The zero-order chi connectivity index (χ0) is 14.5. The lowest BCUT2D eigenvalue weighted by Crippen LogP contribution is -2.19. The van der Waals surface area contributed by atoms with Gasteiger partial charge >= 0.3 is 0 Å². The van der Waals surface area contributed by atoms with Gasteiger partial charge in [0.1, 0.15) is 5.75 Å². The van der Waals surface area contributed by atoms with Gasteiger partial charge in [-0.15, -0.1) is 0 Å². The van der Waals surface area contributed by atoms with Crippen LogP contribution in [0.4, 0.5) is 11.4 Å². The first-order valence-corrected chi connectivity index (χ1v) is 6.86. The van der Waals surface area contributed by atoms with Crippen molar-refractivity contribution in [1.29, 1.82) is 0 Å². The normalized spacial score (nSPS) is 9.95. The fourth-order valence-corrected chi connectivity index (χ4v) is 2.14. The van der Waals surface area contributed by atoms with Crippen LogP contribution in [0.25, 0.3) is 0 Å². The molecular weight excluding hydrogens is 292 g/mol. The third-order valence-corrected chi connectivity index (χ3v) is 3.34. The van der Waals surface area contributed by atoms with E-state index in [1.807, 2.05) is 49.4 Å². The molecule has 104 valence electrons. The number of para-hydroxylation sites is 1. The third-order valence-electron chi connectivity index (χ3n) is 2.80. The second kappa shape index (κ2) is 6.59. The molecule has 0 aliphatic heterocycles. The summed E-state index contributed by atoms with van der Waals surface area (Å²) in [5.41, 5.74) is 2.75. The molecule has 0 amide bonds. The summed E-state index contributed by atoms with van der Waals surface area (Å²) in [6, 6.07) is 13.2. The van der Waals surface area contributed by atoms with Gasteiger partial charge in [0, 0.05) is 5.69 Å². The van der Waals surface area contributed by atoms with Crippen LogP contribution in [0.5, 0.6) is 5.75 Å². The van der Waals surface area contributed by atoms with E-state index in [0.717, 1.165) is 22.7 Å². The lowest BCUT2D eigenvalue weighted by atomic mass is 10.2. The largest absolute Gasteiger partial charge is 0.497 e. The van der Waals surface area contributed by atoms with E-state index in [9.17, 15) is 0 Å². The van der Waals surface area contributed by atoms with E-state index in [4.69, 9.17) is 28.6 Å². The van der Waals surface area contributed by atoms with E-state index in [1.165, 1.54) is 0 Å². The smallest absolute Gasteiger partial charge is 0.175 e. The first-order chi connectivity index (χ1) is 9.60. The van der Waals surface area contributed by atoms with Gasteiger partial charge in [-0.05, 0) is 55.0 Å². The van der Waals surface area contributed by atoms with Crippen molar-refractivity contribution in [3.05, 3.63) is 53.1 Å². The van der Waals surface area contributed by atoms with Crippen molar-refractivity contribution < 1.29 is 4.74 Å². The third kappa shape index (κ3) is 3.62. The molecule has 0 bridgehead atoms. The van der Waals surface area contributed by atoms with E-state index in [1.54, 1.807) is 7.11 Å². The monoisotopic (exact) mass is 306 g/mol. The van der Waals surface area contributed by atoms with Crippen molar-refractivity contribution in [3.8, 4) is 5.75 Å². The topological polar surface area (TPSA) is 33.3 Å². The molecule has 0 saturated carbocycles. The zero-order valence-corrected chi connectivity index (χ0v) is 12.8. The van der Waals surface area contributed by atoms with Crippen molar-refractivity contribution in [1.82, 2.24) is 0 Å². The number of halogens is 1. The van der Waals surface area contributed by atoms with Gasteiger partial charge in [0.05, 0.1) is 17.8 Å². The molecule has 2 aromatic carbocycles. The number of rotatable bonds is 3. The van der Waals surface area contributed by atoms with Crippen LogP contribution in [0, 0.1) is 6.92 Å². The second-order valence-electron chi connectivity index (χ2n) is 4.24. The molecule has 5 heteroatoms. The van der Waals surface area contributed by atoms with Gasteiger partial charge in [-0.25, -0.2) is 0 Å². The molecule has 0 aromatic heterocycles. The molecule has 0 spiro atoms. The van der Waals surface area contributed by atoms with E-state index < -0.39 is 0 Å². The molecule has 0 aliphatic rings. The first kappa shape index (κ1) is 14.6. The highest BCUT2D eigenvalue weighted by Crippen LogP contribution is 2.23. The zero-order valence-electron chi connectivity index (χ0n) is 11.2. The van der Waals surface area contributed by atoms with E-state index in [-0.39, 0.29) is 0 Å². The number of anilines is 2. The van der Waals surface area contributed by atoms with Crippen molar-refractivity contribution >= 4 is 40.3 Å². The summed E-state index contributed by atoms with van der Waals surface area (Å²) in [6.45, 7) is 1.99. The lowest BCUT2D eigenvalue weighted by molar-refractivity contribution is 0.414. The molecular formula is C15H15ClN2OS. The molecule has 0 saturated heterocycles. The Bertz CT molecular complexity index is 631. The molecule has 0 unspecified atom stereocenters. The Balaban J connectivity index is 2.07. The maximum Gasteiger partial charge on any atom is 0.175 e. The summed E-state index contributed by atoms with van der Waals surface area (Å²) in [5, 5.41) is 7.33. The standard InChI is InChI=1S/C15H15ClN2OS/c1-10-9-11(19-2)7-8-13(10)17-15(20)18-14-6-4-3-5-12(14)16/h3-9H,1-2H3,(H2,17,18,20). The number of aryl methyl sites for hydroxylation is 1. The Morgan fingerprint density at radius 1 is 1.10 bits per heavy atom. The van der Waals surface area contributed by atoms with Crippen LogP contribution >= 0.6 is 23.8 Å². The number of hydrogen-bond donors (Lipinski definition) is 2. The van der Waals surface area contributed by atoms with Crippen molar-refractivity contribution in [2.75, 3.05) is 17.7 Å². The quantitative estimate of drug-likeness (QED) is 0.820. The first-order valence-electron chi connectivity index (χ1n) is 6.07. The molecule has 0 fully saturated rings. The lowest BCUT2D eigenvalue weighted by Gasteiger charge is -2.14. The van der Waals surface area contributed by atoms with E-state index in [0.29, 0.717) is 10.1 Å². The molecule has 3 nitrogen and oxygen atoms in total. The minimum atomic E-state index is 0.492. The Hall–Kier alpha value is -1.78. The number of benzene rings is 2. The Kier molecular flexibility index (Phi) is 4.82. The summed E-state index contributed by atoms with van der Waals surface area (Å²) in [5.74, 6) is 0.818. The van der Waals surface area contributed by atoms with Gasteiger partial charge in [0.15, 0.2) is 5.11 Å². The van der Waals surface area contributed by atoms with Crippen LogP contribution in [0.2, 0.25) is 5.02 Å². The summed E-state index contributed by atoms with van der Waals surface area (Å²) in [7, 11) is 1.64. The number of ether oxygens (including phenoxy) is 1. The predicted molar refractivity (Wildman–Crippen MR) is 89.0 cm³/mol. The molecule has 2 N–H and O–H groups in total. The van der Waals surface area contributed by atoms with Crippen molar-refractivity contribution in [2.24, 2.45) is 0 Å². The van der Waals surface area contributed by atoms with Gasteiger partial charge in [-0.1, -0.05) is 23.7 Å². The minimum Gasteiger partial charge on any atom is -0.497 e. The van der Waals surface area contributed by atoms with Gasteiger partial charge < -0.3 is 15.4 Å². The Labute approximate surface area is 128 Å². The van der Waals surface area contributed by atoms with Crippen LogP contribution in [-0.4, -0.2) is 12.2 Å². The van der Waals surface area contributed by atoms with Gasteiger partial charge in [0.2, 0.25) is 0 Å². The van der Waals surface area contributed by atoms with E-state index in [2.05, 4.69) is 10.6 Å². The highest BCUT2D eigenvalue weighted by atomic mass is 35.5. The number of thiocarbonyl (C=S) groups is 1. The average Bonchev–Trinajstić information content (AvgIpc) is 2.43. The number of nitrogens with one attached hydrogen (secondary N) is 2. The molecule has 0 heterocycles. The fourth-order valence-electron chi connectivity index (χ4n) is 1.74. The summed E-state index contributed by atoms with van der Waals surface area (Å²) in [6.07, 6.45) is 0. The predicted octanol–water partition coefficient (Wildman–Crippen LogP) is 4.47. The summed E-state index contributed by atoms with van der Waals surface area (Å²) in [4.78, 5) is 0. The van der Waals surface area contributed by atoms with Crippen LogP contribution in [0.1, 0.15) is 5.56 Å². The van der Waals surface area contributed by atoms with Crippen molar-refractivity contribution in [2.45, 2.75) is 6.92 Å². The Morgan fingerprint density at radius 2 is 1.80 bits per heavy atom. The average molecular weight is 307 g/mol. The summed E-state index contributed by atoms with van der Waals surface area (Å²) < 4.78 is 5.17. The molecule has 20 heavy (non-hydrogen) atoms. The highest BCUT2D eigenvalue weighted by molar-refractivity contribution is 7.80. The van der Waals surface area contributed by atoms with Crippen molar-refractivity contribution in [3.63, 3.8) is 0 Å². The van der Waals surface area contributed by atoms with E-state index >= 15 is 0 Å². The molecule has 0 radical (unpaired) electrons.